The van der Waals surface area contributed by atoms with Gasteiger partial charge < -0.3 is 23.1 Å². The number of hydrogen-bond donors (Lipinski definition) is 1. The molecule has 0 amide bonds. The maximum absolute atomic E-state index is 10.6. The van der Waals surface area contributed by atoms with E-state index in [4.69, 9.17) is 18.0 Å². The van der Waals surface area contributed by atoms with Gasteiger partial charge in [-0.3, -0.25) is 4.90 Å². The standard InChI is InChI=1S/C27H25N3O5/c1-17-28-29-27(34-17)26-14-22-24(3-2-4-25(22)35-26)33-16-21(31)15-30-10-7-18(8-11-30)19-5-6-23-20(13-19)9-12-32-23/h2-7,9,12-14,21,31H,8,10-11,15-16H2,1H3. The van der Waals surface area contributed by atoms with Crippen LogP contribution < -0.4 is 4.74 Å². The second kappa shape index (κ2) is 9.05. The fourth-order valence-corrected chi connectivity index (χ4v) is 4.50. The highest BCUT2D eigenvalue weighted by atomic mass is 16.5. The molecule has 8 heteroatoms. The molecular weight excluding hydrogens is 446 g/mol. The summed E-state index contributed by atoms with van der Waals surface area (Å²) in [4.78, 5) is 2.24. The molecule has 5 aromatic rings. The van der Waals surface area contributed by atoms with E-state index in [0.29, 0.717) is 35.4 Å². The molecule has 1 atom stereocenters. The zero-order valence-electron chi connectivity index (χ0n) is 19.3. The Hall–Kier alpha value is -3.88. The maximum Gasteiger partial charge on any atom is 0.283 e. The highest BCUT2D eigenvalue weighted by Gasteiger charge is 2.19. The van der Waals surface area contributed by atoms with E-state index in [1.807, 2.05) is 36.4 Å². The predicted octanol–water partition coefficient (Wildman–Crippen LogP) is 5.07. The lowest BCUT2D eigenvalue weighted by atomic mass is 9.98. The number of aryl methyl sites for hydroxylation is 1. The van der Waals surface area contributed by atoms with Crippen molar-refractivity contribution in [3.05, 3.63) is 72.3 Å². The number of β-amino-alcohol motifs (C(OH)–C–C–N with tert-alkyl or cyclic N) is 1. The van der Waals surface area contributed by atoms with E-state index in [0.717, 1.165) is 35.9 Å². The van der Waals surface area contributed by atoms with Crippen molar-refractivity contribution < 1.29 is 23.1 Å². The van der Waals surface area contributed by atoms with Crippen molar-refractivity contribution >= 4 is 27.5 Å². The Morgan fingerprint density at radius 3 is 2.86 bits per heavy atom. The minimum absolute atomic E-state index is 0.184. The van der Waals surface area contributed by atoms with Crippen LogP contribution in [0, 0.1) is 6.92 Å². The van der Waals surface area contributed by atoms with Crippen LogP contribution in [0.2, 0.25) is 0 Å². The van der Waals surface area contributed by atoms with Gasteiger partial charge in [-0.05, 0) is 47.9 Å². The molecule has 0 spiro atoms. The SMILES string of the molecule is Cc1nnc(-c2cc3c(OCC(O)CN4CC=C(c5ccc6occc6c5)CC4)cccc3o2)o1. The molecular formula is C27H25N3O5. The van der Waals surface area contributed by atoms with E-state index in [-0.39, 0.29) is 6.61 Å². The predicted molar refractivity (Wildman–Crippen MR) is 131 cm³/mol. The second-order valence-electron chi connectivity index (χ2n) is 8.78. The summed E-state index contributed by atoms with van der Waals surface area (Å²) in [7, 11) is 0. The third-order valence-electron chi connectivity index (χ3n) is 6.27. The summed E-state index contributed by atoms with van der Waals surface area (Å²) in [6.07, 6.45) is 4.27. The van der Waals surface area contributed by atoms with Crippen molar-refractivity contribution in [3.63, 3.8) is 0 Å². The molecule has 1 aliphatic rings. The molecule has 3 aromatic heterocycles. The van der Waals surface area contributed by atoms with E-state index in [9.17, 15) is 5.11 Å². The zero-order chi connectivity index (χ0) is 23.8. The fourth-order valence-electron chi connectivity index (χ4n) is 4.50. The van der Waals surface area contributed by atoms with Gasteiger partial charge in [0.1, 0.15) is 29.6 Å². The summed E-state index contributed by atoms with van der Waals surface area (Å²) < 4.78 is 22.7. The number of rotatable bonds is 7. The summed E-state index contributed by atoms with van der Waals surface area (Å²) in [6.45, 7) is 4.13. The van der Waals surface area contributed by atoms with Gasteiger partial charge >= 0.3 is 0 Å². The molecule has 0 aliphatic carbocycles. The monoisotopic (exact) mass is 471 g/mol. The van der Waals surface area contributed by atoms with Crippen LogP contribution in [0.5, 0.6) is 5.75 Å². The smallest absolute Gasteiger partial charge is 0.283 e. The van der Waals surface area contributed by atoms with Crippen molar-refractivity contribution in [1.29, 1.82) is 0 Å². The summed E-state index contributed by atoms with van der Waals surface area (Å²) in [6, 6.07) is 15.7. The van der Waals surface area contributed by atoms with Gasteiger partial charge in [-0.2, -0.15) is 0 Å². The summed E-state index contributed by atoms with van der Waals surface area (Å²) in [5.41, 5.74) is 4.12. The van der Waals surface area contributed by atoms with Gasteiger partial charge in [-0.1, -0.05) is 18.2 Å². The minimum Gasteiger partial charge on any atom is -0.490 e. The lowest BCUT2D eigenvalue weighted by Gasteiger charge is -2.28. The van der Waals surface area contributed by atoms with Gasteiger partial charge in [0.25, 0.3) is 5.89 Å². The van der Waals surface area contributed by atoms with Gasteiger partial charge in [-0.15, -0.1) is 10.2 Å². The molecule has 6 rings (SSSR count). The highest BCUT2D eigenvalue weighted by molar-refractivity contribution is 5.87. The molecule has 0 saturated heterocycles. The molecule has 0 fully saturated rings. The van der Waals surface area contributed by atoms with Crippen LogP contribution in [0.25, 0.3) is 39.2 Å². The third kappa shape index (κ3) is 4.45. The van der Waals surface area contributed by atoms with E-state index in [2.05, 4.69) is 33.3 Å². The molecule has 1 aliphatic heterocycles. The van der Waals surface area contributed by atoms with Gasteiger partial charge in [-0.25, -0.2) is 0 Å². The Morgan fingerprint density at radius 1 is 1.09 bits per heavy atom. The van der Waals surface area contributed by atoms with Crippen molar-refractivity contribution in [2.45, 2.75) is 19.4 Å². The van der Waals surface area contributed by atoms with Crippen LogP contribution in [0.1, 0.15) is 17.9 Å². The topological polar surface area (TPSA) is 97.9 Å². The first-order valence-corrected chi connectivity index (χ1v) is 11.7. The number of aliphatic hydroxyl groups excluding tert-OH is 1. The van der Waals surface area contributed by atoms with E-state index in [1.165, 1.54) is 11.1 Å². The van der Waals surface area contributed by atoms with Crippen LogP contribution in [-0.2, 0) is 0 Å². The molecule has 0 bridgehead atoms. The van der Waals surface area contributed by atoms with Crippen molar-refractivity contribution in [1.82, 2.24) is 15.1 Å². The van der Waals surface area contributed by atoms with Crippen molar-refractivity contribution in [2.24, 2.45) is 0 Å². The molecule has 178 valence electrons. The lowest BCUT2D eigenvalue weighted by Crippen LogP contribution is -2.38. The third-order valence-corrected chi connectivity index (χ3v) is 6.27. The first kappa shape index (κ1) is 21.6. The fraction of sp³-hybridized carbons (Fsp3) is 0.259. The molecule has 0 radical (unpaired) electrons. The van der Waals surface area contributed by atoms with Crippen LogP contribution >= 0.6 is 0 Å². The molecule has 1 N–H and O–H groups in total. The lowest BCUT2D eigenvalue weighted by molar-refractivity contribution is 0.0722. The highest BCUT2D eigenvalue weighted by Crippen LogP contribution is 2.33. The van der Waals surface area contributed by atoms with Crippen molar-refractivity contribution in [2.75, 3.05) is 26.2 Å². The molecule has 8 nitrogen and oxygen atoms in total. The summed E-state index contributed by atoms with van der Waals surface area (Å²) >= 11 is 0. The van der Waals surface area contributed by atoms with Crippen molar-refractivity contribution in [3.8, 4) is 17.4 Å². The van der Waals surface area contributed by atoms with Gasteiger partial charge in [0.2, 0.25) is 5.89 Å². The van der Waals surface area contributed by atoms with Crippen LogP contribution in [-0.4, -0.2) is 52.5 Å². The largest absolute Gasteiger partial charge is 0.490 e. The molecule has 2 aromatic carbocycles. The van der Waals surface area contributed by atoms with Gasteiger partial charge in [0, 0.05) is 38.0 Å². The quantitative estimate of drug-likeness (QED) is 0.352. The van der Waals surface area contributed by atoms with Gasteiger partial charge in [0.05, 0.1) is 11.6 Å². The Kier molecular flexibility index (Phi) is 5.60. The maximum atomic E-state index is 10.6. The van der Waals surface area contributed by atoms with E-state index in [1.54, 1.807) is 13.2 Å². The number of aromatic nitrogens is 2. The zero-order valence-corrected chi connectivity index (χ0v) is 19.3. The number of nitrogens with zero attached hydrogens (tertiary/aromatic N) is 3. The van der Waals surface area contributed by atoms with Gasteiger partial charge in [0.15, 0.2) is 5.76 Å². The molecule has 4 heterocycles. The normalized spacial score (nSPS) is 15.5. The second-order valence-corrected chi connectivity index (χ2v) is 8.78. The Balaban J connectivity index is 1.07. The Bertz CT molecular complexity index is 1510. The first-order valence-electron chi connectivity index (χ1n) is 11.7. The van der Waals surface area contributed by atoms with E-state index < -0.39 is 6.10 Å². The van der Waals surface area contributed by atoms with Crippen LogP contribution in [0.15, 0.2) is 74.1 Å². The number of furan rings is 2. The average molecular weight is 472 g/mol. The average Bonchev–Trinajstić information content (AvgIpc) is 3.62. The number of fused-ring (bicyclic) bond motifs is 2. The van der Waals surface area contributed by atoms with Crippen LogP contribution in [0.3, 0.4) is 0 Å². The minimum atomic E-state index is -0.618. The summed E-state index contributed by atoms with van der Waals surface area (Å²) in [5.74, 6) is 1.92. The van der Waals surface area contributed by atoms with Crippen LogP contribution in [0.4, 0.5) is 0 Å². The van der Waals surface area contributed by atoms with E-state index >= 15 is 0 Å². The Labute approximate surface area is 201 Å². The first-order chi connectivity index (χ1) is 17.1. The molecule has 35 heavy (non-hydrogen) atoms. The number of hydrogen-bond acceptors (Lipinski definition) is 8. The Morgan fingerprint density at radius 2 is 2.03 bits per heavy atom. The number of ether oxygens (including phenoxy) is 1. The number of aliphatic hydroxyl groups is 1. The number of benzene rings is 2. The molecule has 0 saturated carbocycles. The summed E-state index contributed by atoms with van der Waals surface area (Å²) in [5, 5.41) is 20.4. The molecule has 1 unspecified atom stereocenters.